The normalized spacial score (nSPS) is 18.2. The van der Waals surface area contributed by atoms with Gasteiger partial charge in [0.1, 0.15) is 0 Å². The highest BCUT2D eigenvalue weighted by Gasteiger charge is 2.34. The van der Waals surface area contributed by atoms with Crippen molar-refractivity contribution in [1.29, 1.82) is 0 Å². The quantitative estimate of drug-likeness (QED) is 0.830. The van der Waals surface area contributed by atoms with Crippen LogP contribution in [0.4, 0.5) is 0 Å². The SMILES string of the molecule is CC(C)n1cnc(S(=O)(=O)N(CC2CCC2)[C@@H](C)CO)c1. The highest BCUT2D eigenvalue weighted by atomic mass is 32.2. The molecule has 0 aromatic carbocycles. The zero-order valence-corrected chi connectivity index (χ0v) is 13.8. The fourth-order valence-electron chi connectivity index (χ4n) is 2.39. The molecule has 120 valence electrons. The minimum absolute atomic E-state index is 0.0656. The number of hydrogen-bond acceptors (Lipinski definition) is 4. The Morgan fingerprint density at radius 1 is 1.43 bits per heavy atom. The lowest BCUT2D eigenvalue weighted by molar-refractivity contribution is 0.162. The molecular weight excluding hydrogens is 290 g/mol. The third-order valence-corrected chi connectivity index (χ3v) is 6.03. The van der Waals surface area contributed by atoms with Gasteiger partial charge in [0.25, 0.3) is 10.0 Å². The Kier molecular flexibility index (Phi) is 5.06. The van der Waals surface area contributed by atoms with Crippen LogP contribution >= 0.6 is 0 Å². The molecule has 0 spiro atoms. The molecule has 1 aromatic heterocycles. The van der Waals surface area contributed by atoms with E-state index in [4.69, 9.17) is 0 Å². The maximum absolute atomic E-state index is 12.8. The molecule has 1 saturated carbocycles. The molecule has 0 saturated heterocycles. The van der Waals surface area contributed by atoms with Crippen LogP contribution in [0.5, 0.6) is 0 Å². The molecule has 21 heavy (non-hydrogen) atoms. The smallest absolute Gasteiger partial charge is 0.262 e. The average molecular weight is 315 g/mol. The van der Waals surface area contributed by atoms with Gasteiger partial charge in [-0.3, -0.25) is 0 Å². The first-order valence-corrected chi connectivity index (χ1v) is 8.96. The molecule has 1 fully saturated rings. The van der Waals surface area contributed by atoms with Crippen LogP contribution in [0.3, 0.4) is 0 Å². The van der Waals surface area contributed by atoms with Gasteiger partial charge in [0, 0.05) is 24.8 Å². The van der Waals surface area contributed by atoms with Crippen LogP contribution < -0.4 is 0 Å². The summed E-state index contributed by atoms with van der Waals surface area (Å²) < 4.78 is 28.7. The molecule has 6 nitrogen and oxygen atoms in total. The summed E-state index contributed by atoms with van der Waals surface area (Å²) in [6.07, 6.45) is 6.39. The van der Waals surface area contributed by atoms with Crippen LogP contribution in [0.25, 0.3) is 0 Å². The van der Waals surface area contributed by atoms with Gasteiger partial charge in [-0.05, 0) is 39.5 Å². The van der Waals surface area contributed by atoms with Crippen molar-refractivity contribution in [2.45, 2.75) is 57.1 Å². The van der Waals surface area contributed by atoms with E-state index in [2.05, 4.69) is 4.98 Å². The van der Waals surface area contributed by atoms with Crippen molar-refractivity contribution in [3.63, 3.8) is 0 Å². The van der Waals surface area contributed by atoms with Gasteiger partial charge in [-0.2, -0.15) is 4.31 Å². The molecule has 1 heterocycles. The fraction of sp³-hybridized carbons (Fsp3) is 0.786. The summed E-state index contributed by atoms with van der Waals surface area (Å²) in [6, 6.07) is -0.267. The van der Waals surface area contributed by atoms with Crippen molar-refractivity contribution in [2.24, 2.45) is 5.92 Å². The van der Waals surface area contributed by atoms with Gasteiger partial charge in [0.05, 0.1) is 12.9 Å². The van der Waals surface area contributed by atoms with E-state index in [1.165, 1.54) is 4.31 Å². The predicted molar refractivity (Wildman–Crippen MR) is 80.4 cm³/mol. The molecule has 1 aliphatic carbocycles. The molecule has 0 radical (unpaired) electrons. The topological polar surface area (TPSA) is 75.4 Å². The number of aliphatic hydroxyl groups excluding tert-OH is 1. The van der Waals surface area contributed by atoms with Gasteiger partial charge < -0.3 is 9.67 Å². The van der Waals surface area contributed by atoms with Crippen molar-refractivity contribution in [3.8, 4) is 0 Å². The highest BCUT2D eigenvalue weighted by molar-refractivity contribution is 7.89. The Morgan fingerprint density at radius 3 is 2.52 bits per heavy atom. The standard InChI is InChI=1S/C14H25N3O3S/c1-11(2)16-8-14(15-10-16)21(19,20)17(12(3)9-18)7-13-5-4-6-13/h8,10-13,18H,4-7,9H2,1-3H3/t12-/m0/s1. The van der Waals surface area contributed by atoms with E-state index in [0.717, 1.165) is 19.3 Å². The molecule has 1 N–H and O–H groups in total. The molecule has 1 aromatic rings. The van der Waals surface area contributed by atoms with E-state index >= 15 is 0 Å². The number of sulfonamides is 1. The summed E-state index contributed by atoms with van der Waals surface area (Å²) in [5, 5.41) is 9.45. The van der Waals surface area contributed by atoms with E-state index in [0.29, 0.717) is 12.5 Å². The van der Waals surface area contributed by atoms with Crippen LogP contribution in [0.1, 0.15) is 46.1 Å². The van der Waals surface area contributed by atoms with Gasteiger partial charge in [-0.15, -0.1) is 0 Å². The average Bonchev–Trinajstić information content (AvgIpc) is 2.86. The van der Waals surface area contributed by atoms with E-state index in [9.17, 15) is 13.5 Å². The maximum Gasteiger partial charge on any atom is 0.262 e. The van der Waals surface area contributed by atoms with Gasteiger partial charge in [0.15, 0.2) is 5.03 Å². The number of nitrogens with zero attached hydrogens (tertiary/aromatic N) is 3. The van der Waals surface area contributed by atoms with Gasteiger partial charge in [0.2, 0.25) is 0 Å². The lowest BCUT2D eigenvalue weighted by atomic mass is 9.85. The van der Waals surface area contributed by atoms with Crippen molar-refractivity contribution in [1.82, 2.24) is 13.9 Å². The zero-order chi connectivity index (χ0) is 15.6. The number of imidazole rings is 1. The first-order valence-electron chi connectivity index (χ1n) is 7.52. The lowest BCUT2D eigenvalue weighted by Crippen LogP contribution is -2.44. The predicted octanol–water partition coefficient (Wildman–Crippen LogP) is 1.64. The van der Waals surface area contributed by atoms with E-state index in [1.54, 1.807) is 24.0 Å². The Labute approximate surface area is 126 Å². The first kappa shape index (κ1) is 16.5. The third-order valence-electron chi connectivity index (χ3n) is 4.17. The van der Waals surface area contributed by atoms with Crippen molar-refractivity contribution in [3.05, 3.63) is 12.5 Å². The largest absolute Gasteiger partial charge is 0.395 e. The number of hydrogen-bond donors (Lipinski definition) is 1. The first-order chi connectivity index (χ1) is 9.86. The Morgan fingerprint density at radius 2 is 2.10 bits per heavy atom. The number of aliphatic hydroxyl groups is 1. The summed E-state index contributed by atoms with van der Waals surface area (Å²) in [6.45, 7) is 5.96. The van der Waals surface area contributed by atoms with Gasteiger partial charge in [-0.1, -0.05) is 6.42 Å². The lowest BCUT2D eigenvalue weighted by Gasteiger charge is -2.34. The molecule has 0 bridgehead atoms. The van der Waals surface area contributed by atoms with Crippen molar-refractivity contribution in [2.75, 3.05) is 13.2 Å². The molecule has 7 heteroatoms. The summed E-state index contributed by atoms with van der Waals surface area (Å²) in [5.74, 6) is 0.404. The Bertz CT molecular complexity index is 564. The second-order valence-electron chi connectivity index (χ2n) is 6.16. The van der Waals surface area contributed by atoms with Gasteiger partial charge >= 0.3 is 0 Å². The third kappa shape index (κ3) is 3.46. The zero-order valence-electron chi connectivity index (χ0n) is 12.9. The van der Waals surface area contributed by atoms with E-state index in [1.807, 2.05) is 13.8 Å². The molecule has 2 rings (SSSR count). The molecule has 0 unspecified atom stereocenters. The maximum atomic E-state index is 12.8. The summed E-state index contributed by atoms with van der Waals surface area (Å²) in [5.41, 5.74) is 0. The minimum atomic E-state index is -3.65. The van der Waals surface area contributed by atoms with Gasteiger partial charge in [-0.25, -0.2) is 13.4 Å². The van der Waals surface area contributed by atoms with Crippen LogP contribution in [-0.4, -0.2) is 46.6 Å². The highest BCUT2D eigenvalue weighted by Crippen LogP contribution is 2.30. The van der Waals surface area contributed by atoms with E-state index in [-0.39, 0.29) is 17.7 Å². The minimum Gasteiger partial charge on any atom is -0.395 e. The molecule has 0 amide bonds. The molecule has 1 aliphatic rings. The summed E-state index contributed by atoms with van der Waals surface area (Å²) in [4.78, 5) is 4.05. The van der Waals surface area contributed by atoms with Crippen LogP contribution in [0, 0.1) is 5.92 Å². The summed E-state index contributed by atoms with van der Waals surface area (Å²) >= 11 is 0. The van der Waals surface area contributed by atoms with Crippen LogP contribution in [0.2, 0.25) is 0 Å². The van der Waals surface area contributed by atoms with Crippen LogP contribution in [0.15, 0.2) is 17.6 Å². The Hall–Kier alpha value is -0.920. The van der Waals surface area contributed by atoms with Crippen molar-refractivity contribution >= 4 is 10.0 Å². The fourth-order valence-corrected chi connectivity index (χ4v) is 4.01. The molecule has 1 atom stereocenters. The number of rotatable bonds is 7. The van der Waals surface area contributed by atoms with E-state index < -0.39 is 16.1 Å². The second-order valence-corrected chi connectivity index (χ2v) is 7.99. The second kappa shape index (κ2) is 6.46. The molecule has 0 aliphatic heterocycles. The summed E-state index contributed by atoms with van der Waals surface area (Å²) in [7, 11) is -3.65. The van der Waals surface area contributed by atoms with Crippen LogP contribution in [-0.2, 0) is 10.0 Å². The molecular formula is C14H25N3O3S. The Balaban J connectivity index is 2.26. The van der Waals surface area contributed by atoms with Crippen molar-refractivity contribution < 1.29 is 13.5 Å². The number of aromatic nitrogens is 2. The monoisotopic (exact) mass is 315 g/mol.